The van der Waals surface area contributed by atoms with E-state index in [1.807, 2.05) is 18.2 Å². The Morgan fingerprint density at radius 2 is 2.16 bits per heavy atom. The average Bonchev–Trinajstić information content (AvgIpc) is 2.42. The highest BCUT2D eigenvalue weighted by Crippen LogP contribution is 2.27. The van der Waals surface area contributed by atoms with E-state index >= 15 is 0 Å². The fourth-order valence-corrected chi connectivity index (χ4v) is 2.27. The van der Waals surface area contributed by atoms with E-state index in [2.05, 4.69) is 20.9 Å². The van der Waals surface area contributed by atoms with Crippen molar-refractivity contribution < 1.29 is 9.84 Å². The van der Waals surface area contributed by atoms with Crippen LogP contribution in [0.3, 0.4) is 0 Å². The van der Waals surface area contributed by atoms with E-state index in [0.717, 1.165) is 21.3 Å². The molecule has 100 valence electrons. The number of aliphatic hydroxyl groups is 1. The van der Waals surface area contributed by atoms with Crippen molar-refractivity contribution >= 4 is 27.5 Å². The summed E-state index contributed by atoms with van der Waals surface area (Å²) in [7, 11) is 1.62. The second-order valence-corrected chi connectivity index (χ2v) is 5.33. The zero-order valence-electron chi connectivity index (χ0n) is 10.3. The molecule has 0 saturated carbocycles. The second-order valence-electron chi connectivity index (χ2n) is 4.09. The molecule has 0 amide bonds. The number of pyridine rings is 1. The van der Waals surface area contributed by atoms with Gasteiger partial charge >= 0.3 is 0 Å². The predicted molar refractivity (Wildman–Crippen MR) is 78.6 cm³/mol. The number of hydrogen-bond donors (Lipinski definition) is 1. The molecule has 0 spiro atoms. The third-order valence-corrected chi connectivity index (χ3v) is 3.80. The molecular weight excluding hydrogens is 330 g/mol. The Hall–Kier alpha value is -1.10. The van der Waals surface area contributed by atoms with E-state index in [-0.39, 0.29) is 0 Å². The first-order valence-electron chi connectivity index (χ1n) is 5.72. The van der Waals surface area contributed by atoms with Gasteiger partial charge in [0.1, 0.15) is 10.9 Å². The highest BCUT2D eigenvalue weighted by Gasteiger charge is 2.12. The number of aliphatic hydroxyl groups excluding tert-OH is 1. The van der Waals surface area contributed by atoms with Crippen LogP contribution in [-0.4, -0.2) is 17.2 Å². The van der Waals surface area contributed by atoms with Crippen molar-refractivity contribution in [3.8, 4) is 5.75 Å². The van der Waals surface area contributed by atoms with Gasteiger partial charge in [-0.15, -0.1) is 0 Å². The van der Waals surface area contributed by atoms with E-state index in [1.165, 1.54) is 0 Å². The van der Waals surface area contributed by atoms with Crippen LogP contribution in [0.4, 0.5) is 0 Å². The van der Waals surface area contributed by atoms with E-state index in [1.54, 1.807) is 25.4 Å². The van der Waals surface area contributed by atoms with Gasteiger partial charge in [0.05, 0.1) is 13.2 Å². The number of rotatable bonds is 4. The summed E-state index contributed by atoms with van der Waals surface area (Å²) in [6, 6.07) is 9.11. The van der Waals surface area contributed by atoms with Crippen molar-refractivity contribution in [3.05, 3.63) is 57.3 Å². The summed E-state index contributed by atoms with van der Waals surface area (Å²) in [5.41, 5.74) is 1.71. The molecule has 2 rings (SSSR count). The molecule has 1 atom stereocenters. The molecule has 0 aliphatic rings. The molecule has 2 aromatic rings. The maximum Gasteiger partial charge on any atom is 0.129 e. The topological polar surface area (TPSA) is 42.4 Å². The van der Waals surface area contributed by atoms with Gasteiger partial charge in [0, 0.05) is 17.1 Å². The molecule has 0 saturated heterocycles. The summed E-state index contributed by atoms with van der Waals surface area (Å²) in [6.07, 6.45) is 1.43. The molecule has 3 nitrogen and oxygen atoms in total. The molecule has 1 aromatic carbocycles. The van der Waals surface area contributed by atoms with Crippen molar-refractivity contribution in [2.24, 2.45) is 0 Å². The van der Waals surface area contributed by atoms with Crippen LogP contribution in [0.25, 0.3) is 0 Å². The summed E-state index contributed by atoms with van der Waals surface area (Å²) in [4.78, 5) is 3.97. The van der Waals surface area contributed by atoms with Crippen molar-refractivity contribution in [1.82, 2.24) is 4.98 Å². The number of hydrogen-bond acceptors (Lipinski definition) is 3. The second kappa shape index (κ2) is 6.37. The maximum absolute atomic E-state index is 10.2. The minimum Gasteiger partial charge on any atom is -0.497 e. The van der Waals surface area contributed by atoms with Crippen LogP contribution < -0.4 is 4.74 Å². The molecule has 5 heteroatoms. The minimum atomic E-state index is -0.631. The first kappa shape index (κ1) is 14.3. The van der Waals surface area contributed by atoms with Crippen molar-refractivity contribution in [1.29, 1.82) is 0 Å². The molecule has 1 N–H and O–H groups in total. The van der Waals surface area contributed by atoms with Crippen LogP contribution in [-0.2, 0) is 6.42 Å². The molecule has 1 aromatic heterocycles. The van der Waals surface area contributed by atoms with Gasteiger partial charge in [0.2, 0.25) is 0 Å². The van der Waals surface area contributed by atoms with Gasteiger partial charge in [0.25, 0.3) is 0 Å². The monoisotopic (exact) mass is 341 g/mol. The Bertz CT molecular complexity index is 560. The van der Waals surface area contributed by atoms with Gasteiger partial charge in [-0.05, 0) is 35.4 Å². The third kappa shape index (κ3) is 3.69. The lowest BCUT2D eigenvalue weighted by atomic mass is 10.0. The molecule has 19 heavy (non-hydrogen) atoms. The first-order valence-corrected chi connectivity index (χ1v) is 6.89. The SMILES string of the molecule is COc1ccc(Br)c(CC(O)c2ccc(Cl)nc2)c1. The number of nitrogens with zero attached hydrogens (tertiary/aromatic N) is 1. The standard InChI is InChI=1S/C14H13BrClNO2/c1-19-11-3-4-12(15)10(6-11)7-13(18)9-2-5-14(16)17-8-9/h2-6,8,13,18H,7H2,1H3. The summed E-state index contributed by atoms with van der Waals surface area (Å²) in [5, 5.41) is 10.6. The summed E-state index contributed by atoms with van der Waals surface area (Å²) in [5.74, 6) is 0.764. The Balaban J connectivity index is 2.18. The van der Waals surface area contributed by atoms with Crippen molar-refractivity contribution in [3.63, 3.8) is 0 Å². The molecular formula is C14H13BrClNO2. The molecule has 0 aliphatic carbocycles. The maximum atomic E-state index is 10.2. The van der Waals surface area contributed by atoms with Crippen molar-refractivity contribution in [2.45, 2.75) is 12.5 Å². The molecule has 0 aliphatic heterocycles. The third-order valence-electron chi connectivity index (χ3n) is 2.80. The average molecular weight is 343 g/mol. The zero-order valence-corrected chi connectivity index (χ0v) is 12.6. The number of aromatic nitrogens is 1. The lowest BCUT2D eigenvalue weighted by molar-refractivity contribution is 0.178. The predicted octanol–water partition coefficient (Wildman–Crippen LogP) is 3.78. The molecule has 0 fully saturated rings. The Morgan fingerprint density at radius 3 is 2.79 bits per heavy atom. The highest BCUT2D eigenvalue weighted by molar-refractivity contribution is 9.10. The van der Waals surface area contributed by atoms with Crippen LogP contribution >= 0.6 is 27.5 Å². The Kier molecular flexibility index (Phi) is 4.80. The quantitative estimate of drug-likeness (QED) is 0.860. The van der Waals surface area contributed by atoms with E-state index in [0.29, 0.717) is 11.6 Å². The normalized spacial score (nSPS) is 12.2. The van der Waals surface area contributed by atoms with Gasteiger partial charge in [-0.2, -0.15) is 0 Å². The fourth-order valence-electron chi connectivity index (χ4n) is 1.75. The van der Waals surface area contributed by atoms with E-state index < -0.39 is 6.10 Å². The number of benzene rings is 1. The highest BCUT2D eigenvalue weighted by atomic mass is 79.9. The summed E-state index contributed by atoms with van der Waals surface area (Å²) in [6.45, 7) is 0. The molecule has 0 bridgehead atoms. The van der Waals surface area contributed by atoms with Gasteiger partial charge < -0.3 is 9.84 Å². The van der Waals surface area contributed by atoms with Crippen LogP contribution in [0.5, 0.6) is 5.75 Å². The number of methoxy groups -OCH3 is 1. The van der Waals surface area contributed by atoms with Crippen LogP contribution in [0.15, 0.2) is 41.0 Å². The minimum absolute atomic E-state index is 0.415. The molecule has 1 heterocycles. The first-order chi connectivity index (χ1) is 9.10. The van der Waals surface area contributed by atoms with Gasteiger partial charge in [-0.1, -0.05) is 33.6 Å². The fraction of sp³-hybridized carbons (Fsp3) is 0.214. The number of halogens is 2. The van der Waals surface area contributed by atoms with Gasteiger partial charge in [0.15, 0.2) is 0 Å². The molecule has 0 radical (unpaired) electrons. The van der Waals surface area contributed by atoms with Crippen LogP contribution in [0.2, 0.25) is 5.15 Å². The van der Waals surface area contributed by atoms with Crippen LogP contribution in [0.1, 0.15) is 17.2 Å². The van der Waals surface area contributed by atoms with E-state index in [4.69, 9.17) is 16.3 Å². The van der Waals surface area contributed by atoms with Crippen molar-refractivity contribution in [2.75, 3.05) is 7.11 Å². The Labute approximate surface area is 125 Å². The summed E-state index contributed by atoms with van der Waals surface area (Å²) < 4.78 is 6.12. The lowest BCUT2D eigenvalue weighted by Gasteiger charge is -2.13. The van der Waals surface area contributed by atoms with E-state index in [9.17, 15) is 5.11 Å². The zero-order chi connectivity index (χ0) is 13.8. The van der Waals surface area contributed by atoms with Crippen LogP contribution in [0, 0.1) is 0 Å². The smallest absolute Gasteiger partial charge is 0.129 e. The Morgan fingerprint density at radius 1 is 1.37 bits per heavy atom. The number of ether oxygens (including phenoxy) is 1. The lowest BCUT2D eigenvalue weighted by Crippen LogP contribution is -2.03. The largest absolute Gasteiger partial charge is 0.497 e. The molecule has 1 unspecified atom stereocenters. The summed E-state index contributed by atoms with van der Waals surface area (Å²) >= 11 is 9.19. The van der Waals surface area contributed by atoms with Gasteiger partial charge in [-0.3, -0.25) is 0 Å². The van der Waals surface area contributed by atoms with Gasteiger partial charge in [-0.25, -0.2) is 4.98 Å².